The average Bonchev–Trinajstić information content (AvgIpc) is 2.98. The number of ether oxygens (including phenoxy) is 1. The highest BCUT2D eigenvalue weighted by atomic mass is 35.5. The molecule has 2 aromatic rings. The van der Waals surface area contributed by atoms with Crippen LogP contribution in [-0.4, -0.2) is 34.9 Å². The maximum Gasteiger partial charge on any atom is 0.241 e. The minimum atomic E-state index is -0.496. The maximum absolute atomic E-state index is 12.4. The Morgan fingerprint density at radius 3 is 2.75 bits per heavy atom. The quantitative estimate of drug-likeness (QED) is 0.886. The van der Waals surface area contributed by atoms with Crippen LogP contribution in [0.2, 0.25) is 0 Å². The Kier molecular flexibility index (Phi) is 6.21. The smallest absolute Gasteiger partial charge is 0.241 e. The summed E-state index contributed by atoms with van der Waals surface area (Å²) in [4.78, 5) is 12.4. The third-order valence-electron chi connectivity index (χ3n) is 4.43. The van der Waals surface area contributed by atoms with Crippen LogP contribution in [0.4, 0.5) is 5.69 Å². The van der Waals surface area contributed by atoms with E-state index in [1.165, 1.54) is 0 Å². The molecule has 0 aliphatic carbocycles. The lowest BCUT2D eigenvalue weighted by Crippen LogP contribution is -2.44. The molecule has 3 rings (SSSR count). The van der Waals surface area contributed by atoms with E-state index in [9.17, 15) is 4.79 Å². The van der Waals surface area contributed by atoms with Gasteiger partial charge in [0.25, 0.3) is 0 Å². The molecule has 1 saturated heterocycles. The van der Waals surface area contributed by atoms with Crippen molar-refractivity contribution in [3.63, 3.8) is 0 Å². The van der Waals surface area contributed by atoms with Crippen LogP contribution < -0.4 is 11.1 Å². The largest absolute Gasteiger partial charge is 0.381 e. The summed E-state index contributed by atoms with van der Waals surface area (Å²) in [6.45, 7) is 5.54. The highest BCUT2D eigenvalue weighted by molar-refractivity contribution is 5.96. The van der Waals surface area contributed by atoms with E-state index in [2.05, 4.69) is 24.3 Å². The van der Waals surface area contributed by atoms with Gasteiger partial charge in [-0.1, -0.05) is 0 Å². The molecule has 2 heterocycles. The van der Waals surface area contributed by atoms with E-state index >= 15 is 0 Å². The van der Waals surface area contributed by atoms with Gasteiger partial charge in [-0.3, -0.25) is 9.48 Å². The summed E-state index contributed by atoms with van der Waals surface area (Å²) >= 11 is 0. The number of carbonyl (C=O) groups excluding carboxylic acids is 1. The summed E-state index contributed by atoms with van der Waals surface area (Å²) < 4.78 is 7.27. The zero-order valence-corrected chi connectivity index (χ0v) is 14.9. The van der Waals surface area contributed by atoms with Gasteiger partial charge in [-0.15, -0.1) is 12.4 Å². The lowest BCUT2D eigenvalue weighted by molar-refractivity contribution is -0.119. The zero-order valence-electron chi connectivity index (χ0n) is 14.1. The molecule has 1 aromatic carbocycles. The van der Waals surface area contributed by atoms with Gasteiger partial charge in [0, 0.05) is 30.3 Å². The van der Waals surface area contributed by atoms with Crippen LogP contribution in [0.25, 0.3) is 10.9 Å². The Bertz CT molecular complexity index is 695. The first kappa shape index (κ1) is 18.7. The predicted octanol–water partition coefficient (Wildman–Crippen LogP) is 2.73. The second-order valence-electron chi connectivity index (χ2n) is 6.42. The molecular formula is C17H25ClN4O2. The van der Waals surface area contributed by atoms with Crippen LogP contribution in [0.3, 0.4) is 0 Å². The summed E-state index contributed by atoms with van der Waals surface area (Å²) in [5, 5.41) is 8.39. The van der Waals surface area contributed by atoms with Crippen LogP contribution in [0.15, 0.2) is 24.4 Å². The van der Waals surface area contributed by atoms with E-state index in [4.69, 9.17) is 10.5 Å². The molecule has 1 amide bonds. The number of nitrogens with zero attached hydrogens (tertiary/aromatic N) is 2. The van der Waals surface area contributed by atoms with Gasteiger partial charge in [0.2, 0.25) is 5.91 Å². The van der Waals surface area contributed by atoms with Gasteiger partial charge in [0.15, 0.2) is 0 Å². The number of halogens is 1. The molecule has 1 fully saturated rings. The second-order valence-corrected chi connectivity index (χ2v) is 6.42. The van der Waals surface area contributed by atoms with Gasteiger partial charge < -0.3 is 15.8 Å². The van der Waals surface area contributed by atoms with Crippen LogP contribution in [0, 0.1) is 5.92 Å². The third kappa shape index (κ3) is 3.88. The first-order valence-electron chi connectivity index (χ1n) is 8.17. The van der Waals surface area contributed by atoms with Crippen molar-refractivity contribution in [2.24, 2.45) is 11.7 Å². The number of carbonyl (C=O) groups is 1. The summed E-state index contributed by atoms with van der Waals surface area (Å²) in [5.74, 6) is 0.0561. The molecule has 1 atom stereocenters. The molecule has 0 saturated carbocycles. The molecular weight excluding hydrogens is 328 g/mol. The zero-order chi connectivity index (χ0) is 16.4. The normalized spacial score (nSPS) is 16.8. The van der Waals surface area contributed by atoms with Crippen molar-refractivity contribution < 1.29 is 9.53 Å². The molecule has 24 heavy (non-hydrogen) atoms. The average molecular weight is 353 g/mol. The molecule has 6 nitrogen and oxygen atoms in total. The minimum Gasteiger partial charge on any atom is -0.381 e. The van der Waals surface area contributed by atoms with E-state index in [1.54, 1.807) is 0 Å². The fourth-order valence-electron chi connectivity index (χ4n) is 3.04. The number of hydrogen-bond donors (Lipinski definition) is 2. The van der Waals surface area contributed by atoms with Gasteiger partial charge in [-0.05, 0) is 50.8 Å². The van der Waals surface area contributed by atoms with Gasteiger partial charge in [-0.25, -0.2) is 0 Å². The summed E-state index contributed by atoms with van der Waals surface area (Å²) in [7, 11) is 0. The van der Waals surface area contributed by atoms with E-state index in [0.29, 0.717) is 13.2 Å². The Balaban J connectivity index is 0.00000208. The molecule has 1 unspecified atom stereocenters. The molecule has 0 radical (unpaired) electrons. The van der Waals surface area contributed by atoms with Gasteiger partial charge >= 0.3 is 0 Å². The number of anilines is 1. The topological polar surface area (TPSA) is 82.2 Å². The summed E-state index contributed by atoms with van der Waals surface area (Å²) in [6, 6.07) is 5.59. The number of fused-ring (bicyclic) bond motifs is 1. The molecule has 1 aliphatic heterocycles. The monoisotopic (exact) mass is 352 g/mol. The highest BCUT2D eigenvalue weighted by Crippen LogP contribution is 2.23. The Morgan fingerprint density at radius 2 is 2.08 bits per heavy atom. The van der Waals surface area contributed by atoms with E-state index in [1.807, 2.05) is 29.1 Å². The van der Waals surface area contributed by atoms with Gasteiger partial charge in [0.05, 0.1) is 17.8 Å². The van der Waals surface area contributed by atoms with Crippen molar-refractivity contribution >= 4 is 34.9 Å². The van der Waals surface area contributed by atoms with Crippen molar-refractivity contribution in [1.29, 1.82) is 0 Å². The van der Waals surface area contributed by atoms with Gasteiger partial charge in [-0.2, -0.15) is 5.10 Å². The van der Waals surface area contributed by atoms with Crippen molar-refractivity contribution in [2.75, 3.05) is 18.5 Å². The Labute approximate surface area is 148 Å². The van der Waals surface area contributed by atoms with Crippen molar-refractivity contribution in [1.82, 2.24) is 9.78 Å². The predicted molar refractivity (Wildman–Crippen MR) is 97.5 cm³/mol. The number of nitrogens with two attached hydrogens (primary N) is 1. The number of rotatable bonds is 4. The molecule has 3 N–H and O–H groups in total. The second kappa shape index (κ2) is 7.96. The maximum atomic E-state index is 12.4. The number of hydrogen-bond acceptors (Lipinski definition) is 4. The molecule has 132 valence electrons. The van der Waals surface area contributed by atoms with E-state index in [0.717, 1.165) is 29.4 Å². The van der Waals surface area contributed by atoms with Crippen LogP contribution >= 0.6 is 12.4 Å². The Hall–Kier alpha value is -1.63. The molecule has 1 aliphatic rings. The van der Waals surface area contributed by atoms with Gasteiger partial charge in [0.1, 0.15) is 0 Å². The highest BCUT2D eigenvalue weighted by Gasteiger charge is 2.26. The fourth-order valence-corrected chi connectivity index (χ4v) is 3.04. The van der Waals surface area contributed by atoms with Crippen LogP contribution in [0.5, 0.6) is 0 Å². The summed E-state index contributed by atoms with van der Waals surface area (Å²) in [6.07, 6.45) is 3.52. The summed E-state index contributed by atoms with van der Waals surface area (Å²) in [5.41, 5.74) is 7.89. The molecule has 7 heteroatoms. The Morgan fingerprint density at radius 1 is 1.38 bits per heavy atom. The van der Waals surface area contributed by atoms with Crippen LogP contribution in [0.1, 0.15) is 32.7 Å². The standard InChI is InChI=1S/C17H24N4O2.ClH/c1-11(2)21-15-9-14(4-3-13(15)10-19-21)20-17(22)16(18)12-5-7-23-8-6-12;/h3-4,9-12,16H,5-8,18H2,1-2H3,(H,20,22);1H. The van der Waals surface area contributed by atoms with Crippen molar-refractivity contribution in [2.45, 2.75) is 38.8 Å². The number of amides is 1. The number of nitrogens with one attached hydrogen (secondary N) is 1. The lowest BCUT2D eigenvalue weighted by Gasteiger charge is -2.26. The minimum absolute atomic E-state index is 0. The van der Waals surface area contributed by atoms with Crippen molar-refractivity contribution in [3.8, 4) is 0 Å². The van der Waals surface area contributed by atoms with E-state index in [-0.39, 0.29) is 30.3 Å². The van der Waals surface area contributed by atoms with Crippen LogP contribution in [-0.2, 0) is 9.53 Å². The van der Waals surface area contributed by atoms with E-state index < -0.39 is 6.04 Å². The number of aromatic nitrogens is 2. The SMILES string of the molecule is CC(C)n1ncc2ccc(NC(=O)C(N)C3CCOCC3)cc21.Cl. The molecule has 0 bridgehead atoms. The lowest BCUT2D eigenvalue weighted by atomic mass is 9.92. The first-order chi connectivity index (χ1) is 11.1. The molecule has 1 aromatic heterocycles. The molecule has 0 spiro atoms. The third-order valence-corrected chi connectivity index (χ3v) is 4.43. The number of benzene rings is 1. The fraction of sp³-hybridized carbons (Fsp3) is 0.529. The van der Waals surface area contributed by atoms with Crippen molar-refractivity contribution in [3.05, 3.63) is 24.4 Å². The first-order valence-corrected chi connectivity index (χ1v) is 8.17.